The van der Waals surface area contributed by atoms with Crippen molar-refractivity contribution in [3.8, 4) is 0 Å². The van der Waals surface area contributed by atoms with Crippen LogP contribution >= 0.6 is 11.6 Å². The number of anilines is 1. The molecule has 0 saturated carbocycles. The van der Waals surface area contributed by atoms with Crippen LogP contribution in [0.1, 0.15) is 22.7 Å². The number of benzene rings is 2. The molecule has 0 fully saturated rings. The summed E-state index contributed by atoms with van der Waals surface area (Å²) < 4.78 is 0. The lowest BCUT2D eigenvalue weighted by Gasteiger charge is -2.28. The minimum atomic E-state index is 0.128. The minimum Gasteiger partial charge on any atom is -0.369 e. The topological polar surface area (TPSA) is 41.6 Å². The molecule has 0 amide bonds. The molecule has 1 aliphatic heterocycles. The van der Waals surface area contributed by atoms with Gasteiger partial charge in [-0.2, -0.15) is 0 Å². The second kappa shape index (κ2) is 5.41. The Balaban J connectivity index is 2.05. The molecule has 1 unspecified atom stereocenters. The summed E-state index contributed by atoms with van der Waals surface area (Å²) in [5.41, 5.74) is 10.9. The zero-order chi connectivity index (χ0) is 15.0. The van der Waals surface area contributed by atoms with Gasteiger partial charge in [-0.3, -0.25) is 4.99 Å². The smallest absolute Gasteiger partial charge is 0.196 e. The van der Waals surface area contributed by atoms with Gasteiger partial charge in [0.1, 0.15) is 0 Å². The van der Waals surface area contributed by atoms with Crippen LogP contribution in [-0.2, 0) is 0 Å². The Kier molecular flexibility index (Phi) is 3.60. The van der Waals surface area contributed by atoms with Gasteiger partial charge in [0.25, 0.3) is 0 Å². The first kappa shape index (κ1) is 14.0. The second-order valence-corrected chi connectivity index (χ2v) is 5.79. The van der Waals surface area contributed by atoms with Crippen LogP contribution in [-0.4, -0.2) is 12.5 Å². The summed E-state index contributed by atoms with van der Waals surface area (Å²) in [5.74, 6) is 0.545. The van der Waals surface area contributed by atoms with E-state index in [0.717, 1.165) is 5.69 Å². The number of nitrogens with two attached hydrogens (primary N) is 1. The average Bonchev–Trinajstić information content (AvgIpc) is 2.83. The molecule has 3 nitrogen and oxygen atoms in total. The quantitative estimate of drug-likeness (QED) is 0.915. The van der Waals surface area contributed by atoms with E-state index in [1.807, 2.05) is 24.3 Å². The van der Waals surface area contributed by atoms with Crippen LogP contribution in [0.4, 0.5) is 5.69 Å². The lowest BCUT2D eigenvalue weighted by atomic mass is 9.96. The molecule has 2 N–H and O–H groups in total. The van der Waals surface area contributed by atoms with E-state index in [2.05, 4.69) is 41.9 Å². The molecule has 0 saturated heterocycles. The fraction of sp³-hybridized carbons (Fsp3) is 0.235. The number of aliphatic imine (C=N–C) groups is 1. The van der Waals surface area contributed by atoms with E-state index in [0.29, 0.717) is 17.5 Å². The molecule has 1 aliphatic rings. The van der Waals surface area contributed by atoms with Crippen molar-refractivity contribution in [3.63, 3.8) is 0 Å². The van der Waals surface area contributed by atoms with Crippen LogP contribution in [0.5, 0.6) is 0 Å². The summed E-state index contributed by atoms with van der Waals surface area (Å²) in [5, 5.41) is 0.701. The van der Waals surface area contributed by atoms with Crippen LogP contribution < -0.4 is 10.6 Å². The molecule has 0 bridgehead atoms. The predicted octanol–water partition coefficient (Wildman–Crippen LogP) is 3.83. The number of aryl methyl sites for hydroxylation is 1. The summed E-state index contributed by atoms with van der Waals surface area (Å²) in [4.78, 5) is 6.49. The van der Waals surface area contributed by atoms with Crippen molar-refractivity contribution < 1.29 is 0 Å². The first-order valence-corrected chi connectivity index (χ1v) is 7.36. The zero-order valence-corrected chi connectivity index (χ0v) is 12.9. The SMILES string of the molecule is Cc1cccc(C2CN=C(N)N2c2cccc(Cl)c2)c1C. The highest BCUT2D eigenvalue weighted by Crippen LogP contribution is 2.34. The third kappa shape index (κ3) is 2.49. The molecule has 2 aromatic rings. The summed E-state index contributed by atoms with van der Waals surface area (Å²) in [7, 11) is 0. The third-order valence-corrected chi connectivity index (χ3v) is 4.31. The summed E-state index contributed by atoms with van der Waals surface area (Å²) in [6, 6.07) is 14.2. The Labute approximate surface area is 130 Å². The van der Waals surface area contributed by atoms with Crippen LogP contribution in [0.15, 0.2) is 47.5 Å². The normalized spacial score (nSPS) is 18.0. The molecule has 0 radical (unpaired) electrons. The largest absolute Gasteiger partial charge is 0.369 e. The summed E-state index contributed by atoms with van der Waals surface area (Å²) in [6.07, 6.45) is 0. The van der Waals surface area contributed by atoms with Gasteiger partial charge in [-0.05, 0) is 48.7 Å². The predicted molar refractivity (Wildman–Crippen MR) is 89.1 cm³/mol. The van der Waals surface area contributed by atoms with Gasteiger partial charge in [-0.1, -0.05) is 35.9 Å². The molecule has 0 aromatic heterocycles. The first-order chi connectivity index (χ1) is 10.1. The fourth-order valence-electron chi connectivity index (χ4n) is 2.81. The maximum absolute atomic E-state index is 6.11. The van der Waals surface area contributed by atoms with Gasteiger partial charge in [0.05, 0.1) is 12.6 Å². The van der Waals surface area contributed by atoms with Crippen LogP contribution in [0.2, 0.25) is 5.02 Å². The van der Waals surface area contributed by atoms with E-state index >= 15 is 0 Å². The lowest BCUT2D eigenvalue weighted by molar-refractivity contribution is 0.761. The van der Waals surface area contributed by atoms with Crippen molar-refractivity contribution in [2.24, 2.45) is 10.7 Å². The molecule has 108 valence electrons. The van der Waals surface area contributed by atoms with Gasteiger partial charge >= 0.3 is 0 Å². The summed E-state index contributed by atoms with van der Waals surface area (Å²) >= 11 is 6.11. The number of hydrogen-bond donors (Lipinski definition) is 1. The van der Waals surface area contributed by atoms with E-state index in [1.165, 1.54) is 16.7 Å². The van der Waals surface area contributed by atoms with Crippen molar-refractivity contribution in [2.75, 3.05) is 11.4 Å². The maximum atomic E-state index is 6.11. The van der Waals surface area contributed by atoms with E-state index in [1.54, 1.807) is 0 Å². The van der Waals surface area contributed by atoms with E-state index in [4.69, 9.17) is 17.3 Å². The Morgan fingerprint density at radius 3 is 2.71 bits per heavy atom. The van der Waals surface area contributed by atoms with Crippen molar-refractivity contribution in [1.82, 2.24) is 0 Å². The molecule has 1 atom stereocenters. The van der Waals surface area contributed by atoms with Crippen LogP contribution in [0.3, 0.4) is 0 Å². The highest BCUT2D eigenvalue weighted by Gasteiger charge is 2.30. The second-order valence-electron chi connectivity index (χ2n) is 5.35. The van der Waals surface area contributed by atoms with Crippen molar-refractivity contribution in [2.45, 2.75) is 19.9 Å². The van der Waals surface area contributed by atoms with Crippen LogP contribution in [0, 0.1) is 13.8 Å². The van der Waals surface area contributed by atoms with Gasteiger partial charge in [0.15, 0.2) is 5.96 Å². The zero-order valence-electron chi connectivity index (χ0n) is 12.2. The third-order valence-electron chi connectivity index (χ3n) is 4.08. The standard InChI is InChI=1S/C17H18ClN3/c1-11-5-3-8-15(12(11)2)16-10-20-17(19)21(16)14-7-4-6-13(18)9-14/h3-9,16H,10H2,1-2H3,(H2,19,20). The van der Waals surface area contributed by atoms with Gasteiger partial charge in [0.2, 0.25) is 0 Å². The average molecular weight is 300 g/mol. The number of halogens is 1. The molecular formula is C17H18ClN3. The Morgan fingerprint density at radius 2 is 1.95 bits per heavy atom. The first-order valence-electron chi connectivity index (χ1n) is 6.99. The Bertz CT molecular complexity index is 709. The highest BCUT2D eigenvalue weighted by atomic mass is 35.5. The molecular weight excluding hydrogens is 282 g/mol. The van der Waals surface area contributed by atoms with Crippen LogP contribution in [0.25, 0.3) is 0 Å². The lowest BCUT2D eigenvalue weighted by Crippen LogP contribution is -2.36. The number of rotatable bonds is 2. The van der Waals surface area contributed by atoms with Gasteiger partial charge in [-0.25, -0.2) is 0 Å². The molecule has 21 heavy (non-hydrogen) atoms. The van der Waals surface area contributed by atoms with Gasteiger partial charge in [0, 0.05) is 10.7 Å². The van der Waals surface area contributed by atoms with Gasteiger partial charge < -0.3 is 10.6 Å². The molecule has 0 spiro atoms. The van der Waals surface area contributed by atoms with Crippen molar-refractivity contribution in [3.05, 3.63) is 64.2 Å². The maximum Gasteiger partial charge on any atom is 0.196 e. The molecule has 1 heterocycles. The highest BCUT2D eigenvalue weighted by molar-refractivity contribution is 6.30. The van der Waals surface area contributed by atoms with E-state index in [-0.39, 0.29) is 6.04 Å². The number of guanidine groups is 1. The molecule has 3 rings (SSSR count). The van der Waals surface area contributed by atoms with E-state index < -0.39 is 0 Å². The Morgan fingerprint density at radius 1 is 1.19 bits per heavy atom. The number of hydrogen-bond acceptors (Lipinski definition) is 3. The van der Waals surface area contributed by atoms with Crippen molar-refractivity contribution >= 4 is 23.2 Å². The molecule has 2 aromatic carbocycles. The van der Waals surface area contributed by atoms with Gasteiger partial charge in [-0.15, -0.1) is 0 Å². The van der Waals surface area contributed by atoms with Crippen molar-refractivity contribution in [1.29, 1.82) is 0 Å². The number of nitrogens with zero attached hydrogens (tertiary/aromatic N) is 2. The minimum absolute atomic E-state index is 0.128. The molecule has 0 aliphatic carbocycles. The summed E-state index contributed by atoms with van der Waals surface area (Å²) in [6.45, 7) is 4.94. The Hall–Kier alpha value is -2.00. The molecule has 4 heteroatoms. The van der Waals surface area contributed by atoms with E-state index in [9.17, 15) is 0 Å². The monoisotopic (exact) mass is 299 g/mol. The fourth-order valence-corrected chi connectivity index (χ4v) is 2.99.